The third kappa shape index (κ3) is 3.52. The molecule has 1 unspecified atom stereocenters. The van der Waals surface area contributed by atoms with Gasteiger partial charge in [-0.05, 0) is 39.2 Å². The summed E-state index contributed by atoms with van der Waals surface area (Å²) in [5.74, 6) is -0.387. The summed E-state index contributed by atoms with van der Waals surface area (Å²) in [6, 6.07) is 6.37. The van der Waals surface area contributed by atoms with Crippen LogP contribution in [0, 0.1) is 17.1 Å². The van der Waals surface area contributed by atoms with Crippen LogP contribution in [-0.2, 0) is 0 Å². The molecule has 0 aliphatic heterocycles. The van der Waals surface area contributed by atoms with Crippen molar-refractivity contribution >= 4 is 5.69 Å². The normalized spacial score (nSPS) is 12.2. The highest BCUT2D eigenvalue weighted by molar-refractivity contribution is 5.57. The molecule has 0 aliphatic rings. The molecule has 0 spiro atoms. The molecular formula is C12H16FN3. The zero-order valence-corrected chi connectivity index (χ0v) is 9.79. The maximum Gasteiger partial charge on any atom is 0.124 e. The molecule has 1 atom stereocenters. The largest absolute Gasteiger partial charge is 0.380 e. The van der Waals surface area contributed by atoms with Gasteiger partial charge in [0.1, 0.15) is 11.9 Å². The molecule has 1 N–H and O–H groups in total. The quantitative estimate of drug-likeness (QED) is 0.845. The molecule has 0 aromatic heterocycles. The number of nitrogens with one attached hydrogen (secondary N) is 1. The molecule has 0 saturated carbocycles. The average molecular weight is 221 g/mol. The Morgan fingerprint density at radius 2 is 2.19 bits per heavy atom. The number of halogens is 1. The van der Waals surface area contributed by atoms with Crippen molar-refractivity contribution in [1.82, 2.24) is 4.90 Å². The summed E-state index contributed by atoms with van der Waals surface area (Å²) in [6.45, 7) is 2.87. The number of rotatable bonds is 4. The van der Waals surface area contributed by atoms with Crippen molar-refractivity contribution in [2.75, 3.05) is 26.0 Å². The number of hydrogen-bond acceptors (Lipinski definition) is 3. The van der Waals surface area contributed by atoms with E-state index in [-0.39, 0.29) is 11.9 Å². The van der Waals surface area contributed by atoms with Crippen molar-refractivity contribution in [2.24, 2.45) is 0 Å². The third-order valence-corrected chi connectivity index (χ3v) is 2.14. The summed E-state index contributed by atoms with van der Waals surface area (Å²) in [6.07, 6.45) is 0. The molecule has 1 rings (SSSR count). The molecular weight excluding hydrogens is 205 g/mol. The van der Waals surface area contributed by atoms with Crippen molar-refractivity contribution in [3.8, 4) is 6.07 Å². The first-order chi connectivity index (χ1) is 7.52. The Balaban J connectivity index is 2.77. The Kier molecular flexibility index (Phi) is 4.27. The van der Waals surface area contributed by atoms with Crippen molar-refractivity contribution in [1.29, 1.82) is 5.26 Å². The van der Waals surface area contributed by atoms with Crippen LogP contribution in [0.1, 0.15) is 12.5 Å². The van der Waals surface area contributed by atoms with Crippen LogP contribution in [0.5, 0.6) is 0 Å². The van der Waals surface area contributed by atoms with Crippen LogP contribution in [0.3, 0.4) is 0 Å². The minimum absolute atomic E-state index is 0.201. The smallest absolute Gasteiger partial charge is 0.124 e. The van der Waals surface area contributed by atoms with Crippen molar-refractivity contribution in [3.63, 3.8) is 0 Å². The van der Waals surface area contributed by atoms with Gasteiger partial charge in [-0.3, -0.25) is 0 Å². The lowest BCUT2D eigenvalue weighted by molar-refractivity contribution is 0.392. The Hall–Kier alpha value is -1.60. The van der Waals surface area contributed by atoms with Gasteiger partial charge in [-0.15, -0.1) is 0 Å². The van der Waals surface area contributed by atoms with Gasteiger partial charge in [-0.25, -0.2) is 4.39 Å². The van der Waals surface area contributed by atoms with Gasteiger partial charge in [-0.1, -0.05) is 0 Å². The van der Waals surface area contributed by atoms with Gasteiger partial charge in [0, 0.05) is 12.6 Å². The summed E-state index contributed by atoms with van der Waals surface area (Å²) in [7, 11) is 3.96. The van der Waals surface area contributed by atoms with Gasteiger partial charge in [0.25, 0.3) is 0 Å². The van der Waals surface area contributed by atoms with E-state index in [1.165, 1.54) is 12.1 Å². The van der Waals surface area contributed by atoms with Crippen LogP contribution in [0.2, 0.25) is 0 Å². The van der Waals surface area contributed by atoms with Crippen molar-refractivity contribution < 1.29 is 4.39 Å². The van der Waals surface area contributed by atoms with E-state index in [2.05, 4.69) is 5.32 Å². The van der Waals surface area contributed by atoms with Crippen LogP contribution in [0.25, 0.3) is 0 Å². The summed E-state index contributed by atoms with van der Waals surface area (Å²) in [5.41, 5.74) is 1.02. The molecule has 0 bridgehead atoms. The first kappa shape index (κ1) is 12.5. The van der Waals surface area contributed by atoms with E-state index in [9.17, 15) is 4.39 Å². The Bertz CT molecular complexity index is 396. The minimum atomic E-state index is -0.387. The topological polar surface area (TPSA) is 39.1 Å². The summed E-state index contributed by atoms with van der Waals surface area (Å²) >= 11 is 0. The molecule has 0 amide bonds. The van der Waals surface area contributed by atoms with E-state index in [0.717, 1.165) is 6.54 Å². The zero-order chi connectivity index (χ0) is 12.1. The van der Waals surface area contributed by atoms with E-state index < -0.39 is 0 Å². The molecule has 0 fully saturated rings. The number of benzene rings is 1. The van der Waals surface area contributed by atoms with Crippen LogP contribution < -0.4 is 5.32 Å². The second-order valence-corrected chi connectivity index (χ2v) is 4.11. The fourth-order valence-electron chi connectivity index (χ4n) is 1.59. The SMILES string of the molecule is CC(CN(C)C)Nc1ccc(F)cc1C#N. The highest BCUT2D eigenvalue weighted by Gasteiger charge is 2.07. The molecule has 0 radical (unpaired) electrons. The lowest BCUT2D eigenvalue weighted by atomic mass is 10.1. The Labute approximate surface area is 95.5 Å². The van der Waals surface area contributed by atoms with Gasteiger partial charge in [-0.2, -0.15) is 5.26 Å². The first-order valence-electron chi connectivity index (χ1n) is 5.14. The van der Waals surface area contributed by atoms with Crippen LogP contribution >= 0.6 is 0 Å². The lowest BCUT2D eigenvalue weighted by Crippen LogP contribution is -2.29. The molecule has 0 aliphatic carbocycles. The molecule has 1 aromatic rings. The third-order valence-electron chi connectivity index (χ3n) is 2.14. The second-order valence-electron chi connectivity index (χ2n) is 4.11. The molecule has 86 valence electrons. The van der Waals surface area contributed by atoms with Crippen LogP contribution in [0.15, 0.2) is 18.2 Å². The number of hydrogen-bond donors (Lipinski definition) is 1. The highest BCUT2D eigenvalue weighted by Crippen LogP contribution is 2.16. The highest BCUT2D eigenvalue weighted by atomic mass is 19.1. The molecule has 4 heteroatoms. The van der Waals surface area contributed by atoms with E-state index in [1.807, 2.05) is 32.0 Å². The summed E-state index contributed by atoms with van der Waals surface area (Å²) < 4.78 is 12.9. The predicted molar refractivity (Wildman–Crippen MR) is 62.8 cm³/mol. The predicted octanol–water partition coefficient (Wildman–Crippen LogP) is 2.06. The maximum absolute atomic E-state index is 12.9. The van der Waals surface area contributed by atoms with E-state index in [4.69, 9.17) is 5.26 Å². The molecule has 3 nitrogen and oxygen atoms in total. The monoisotopic (exact) mass is 221 g/mol. The Morgan fingerprint density at radius 1 is 1.50 bits per heavy atom. The number of nitriles is 1. The second kappa shape index (κ2) is 5.47. The molecule has 16 heavy (non-hydrogen) atoms. The Morgan fingerprint density at radius 3 is 2.75 bits per heavy atom. The molecule has 0 heterocycles. The number of likely N-dealkylation sites (N-methyl/N-ethyl adjacent to an activating group) is 1. The summed E-state index contributed by atoms with van der Waals surface area (Å²) in [4.78, 5) is 2.05. The fraction of sp³-hybridized carbons (Fsp3) is 0.417. The van der Waals surface area contributed by atoms with Gasteiger partial charge in [0.2, 0.25) is 0 Å². The van der Waals surface area contributed by atoms with E-state index >= 15 is 0 Å². The number of nitrogens with zero attached hydrogens (tertiary/aromatic N) is 2. The molecule has 1 aromatic carbocycles. The lowest BCUT2D eigenvalue weighted by Gasteiger charge is -2.19. The summed E-state index contributed by atoms with van der Waals surface area (Å²) in [5, 5.41) is 12.1. The first-order valence-corrected chi connectivity index (χ1v) is 5.14. The van der Waals surface area contributed by atoms with Gasteiger partial charge >= 0.3 is 0 Å². The standard InChI is InChI=1S/C12H16FN3/c1-9(8-16(2)3)15-12-5-4-11(13)6-10(12)7-14/h4-6,9,15H,8H2,1-3H3. The van der Waals surface area contributed by atoms with Gasteiger partial charge < -0.3 is 10.2 Å². The molecule has 0 saturated heterocycles. The van der Waals surface area contributed by atoms with Gasteiger partial charge in [0.05, 0.1) is 11.3 Å². The zero-order valence-electron chi connectivity index (χ0n) is 9.79. The van der Waals surface area contributed by atoms with Crippen LogP contribution in [0.4, 0.5) is 10.1 Å². The van der Waals surface area contributed by atoms with Crippen LogP contribution in [-0.4, -0.2) is 31.6 Å². The van der Waals surface area contributed by atoms with Crippen molar-refractivity contribution in [2.45, 2.75) is 13.0 Å². The fourth-order valence-corrected chi connectivity index (χ4v) is 1.59. The van der Waals surface area contributed by atoms with E-state index in [1.54, 1.807) is 6.07 Å². The minimum Gasteiger partial charge on any atom is -0.380 e. The number of anilines is 1. The van der Waals surface area contributed by atoms with Crippen molar-refractivity contribution in [3.05, 3.63) is 29.6 Å². The maximum atomic E-state index is 12.9. The van der Waals surface area contributed by atoms with Gasteiger partial charge in [0.15, 0.2) is 0 Å². The van der Waals surface area contributed by atoms with E-state index in [0.29, 0.717) is 11.3 Å². The average Bonchev–Trinajstić information content (AvgIpc) is 2.19.